The average Bonchev–Trinajstić information content (AvgIpc) is 2.93. The molecule has 3 N–H and O–H groups in total. The fourth-order valence-electron chi connectivity index (χ4n) is 2.15. The summed E-state index contributed by atoms with van der Waals surface area (Å²) in [5.74, 6) is 0. The lowest BCUT2D eigenvalue weighted by Gasteiger charge is -2.21. The third-order valence-corrected chi connectivity index (χ3v) is 5.59. The van der Waals surface area contributed by atoms with Gasteiger partial charge in [-0.15, -0.1) is 4.67 Å². The van der Waals surface area contributed by atoms with E-state index in [-0.39, 0.29) is 45.7 Å². The quantitative estimate of drug-likeness (QED) is 0.124. The number of phosphoric acid groups is 2. The third kappa shape index (κ3) is 8.90. The van der Waals surface area contributed by atoms with Gasteiger partial charge in [-0.25, -0.2) is 14.4 Å². The van der Waals surface area contributed by atoms with Crippen LogP contribution in [0.1, 0.15) is 32.6 Å². The highest BCUT2D eigenvalue weighted by Crippen LogP contribution is 2.52. The van der Waals surface area contributed by atoms with Crippen LogP contribution in [0.5, 0.6) is 0 Å². The normalized spacial score (nSPS) is 27.9. The highest BCUT2D eigenvalue weighted by molar-refractivity contribution is 7.48. The molecule has 1 aliphatic rings. The second-order valence-electron chi connectivity index (χ2n) is 5.43. The van der Waals surface area contributed by atoms with E-state index in [2.05, 4.69) is 13.7 Å². The zero-order chi connectivity index (χ0) is 19.6. The van der Waals surface area contributed by atoms with Gasteiger partial charge in [0.15, 0.2) is 0 Å². The van der Waals surface area contributed by atoms with Gasteiger partial charge >= 0.3 is 15.6 Å². The Kier molecular flexibility index (Phi) is 11.1. The first-order valence-corrected chi connectivity index (χ1v) is 11.1. The van der Waals surface area contributed by atoms with E-state index < -0.39 is 33.9 Å². The Morgan fingerprint density at radius 1 is 1.15 bits per heavy atom. The van der Waals surface area contributed by atoms with E-state index in [1.807, 2.05) is 6.92 Å². The van der Waals surface area contributed by atoms with E-state index in [1.165, 1.54) is 0 Å². The highest BCUT2D eigenvalue weighted by Gasteiger charge is 2.40. The lowest BCUT2D eigenvalue weighted by Crippen LogP contribution is -2.23. The summed E-state index contributed by atoms with van der Waals surface area (Å²) in [4.78, 5) is 9.34. The molecule has 2 radical (unpaired) electrons. The number of hydrogen-bond donors (Lipinski definition) is 3. The van der Waals surface area contributed by atoms with Gasteiger partial charge in [0.1, 0.15) is 7.85 Å². The van der Waals surface area contributed by atoms with E-state index >= 15 is 0 Å². The van der Waals surface area contributed by atoms with Crippen molar-refractivity contribution >= 4 is 23.5 Å². The van der Waals surface area contributed by atoms with Crippen LogP contribution < -0.4 is 0 Å². The molecule has 0 aromatic rings. The topological polar surface area (TPSA) is 150 Å². The molecule has 14 heteroatoms. The predicted octanol–water partition coefficient (Wildman–Crippen LogP) is 1.59. The number of ether oxygens (including phenoxy) is 1. The maximum absolute atomic E-state index is 12.2. The zero-order valence-corrected chi connectivity index (χ0v) is 16.3. The van der Waals surface area contributed by atoms with E-state index in [9.17, 15) is 14.0 Å². The van der Waals surface area contributed by atoms with E-state index in [0.29, 0.717) is 6.42 Å². The first-order chi connectivity index (χ1) is 12.2. The van der Waals surface area contributed by atoms with Crippen molar-refractivity contribution in [3.05, 3.63) is 0 Å². The highest BCUT2D eigenvalue weighted by atomic mass is 31.2. The molecule has 0 amide bonds. The van der Waals surface area contributed by atoms with Crippen molar-refractivity contribution in [3.8, 4) is 0 Å². The van der Waals surface area contributed by atoms with Crippen LogP contribution in [-0.2, 0) is 36.6 Å². The minimum Gasteiger partial charge on any atom is -0.396 e. The van der Waals surface area contributed by atoms with Crippen LogP contribution in [0.25, 0.3) is 0 Å². The summed E-state index contributed by atoms with van der Waals surface area (Å²) in [6, 6.07) is -0.574. The van der Waals surface area contributed by atoms with Crippen LogP contribution in [0.3, 0.4) is 0 Å². The number of hydrogen-bond acceptors (Lipinski definition) is 10. The van der Waals surface area contributed by atoms with Gasteiger partial charge < -0.3 is 14.7 Å². The summed E-state index contributed by atoms with van der Waals surface area (Å²) in [7, 11) is -2.84. The van der Waals surface area contributed by atoms with Crippen molar-refractivity contribution in [2.45, 2.75) is 50.8 Å². The number of aliphatic hydroxyl groups excluding tert-OH is 1. The largest absolute Gasteiger partial charge is 0.502 e. The molecule has 1 saturated heterocycles. The molecule has 11 nitrogen and oxygen atoms in total. The Hall–Kier alpha value is 0.165. The maximum Gasteiger partial charge on any atom is 0.502 e. The van der Waals surface area contributed by atoms with Crippen molar-refractivity contribution in [1.29, 1.82) is 0 Å². The van der Waals surface area contributed by atoms with Crippen molar-refractivity contribution in [1.82, 2.24) is 0 Å². The summed E-state index contributed by atoms with van der Waals surface area (Å²) in [6.45, 7) is 1.03. The Morgan fingerprint density at radius 2 is 1.77 bits per heavy atom. The lowest BCUT2D eigenvalue weighted by molar-refractivity contribution is -0.171. The van der Waals surface area contributed by atoms with Gasteiger partial charge in [0.05, 0.1) is 32.0 Å². The van der Waals surface area contributed by atoms with Gasteiger partial charge in [0.2, 0.25) is 0 Å². The molecule has 0 aromatic carbocycles. The Bertz CT molecular complexity index is 494. The van der Waals surface area contributed by atoms with Gasteiger partial charge in [-0.1, -0.05) is 6.92 Å². The standard InChI is InChI=1S/C12H25BO11P2/c1-2-10-11(9-12(13)22-10)23-26(18,24-15)21-8-4-7-20-25(16,17)19-6-3-5-14/h10-12,14-15H,2-9H2,1H3,(H,16,17). The fourth-order valence-corrected chi connectivity index (χ4v) is 4.00. The molecule has 1 aliphatic heterocycles. The number of phosphoric ester groups is 2. The molecule has 26 heavy (non-hydrogen) atoms. The average molecular weight is 418 g/mol. The van der Waals surface area contributed by atoms with Crippen LogP contribution >= 0.6 is 15.6 Å². The van der Waals surface area contributed by atoms with Crippen molar-refractivity contribution in [2.24, 2.45) is 0 Å². The maximum atomic E-state index is 12.2. The first kappa shape index (κ1) is 24.2. The van der Waals surface area contributed by atoms with Crippen LogP contribution in [0.2, 0.25) is 0 Å². The SMILES string of the molecule is [B]C1CC(OP(=O)(OO)OCCCOP(=O)(O)OCCCO)C(CC)O1. The minimum absolute atomic E-state index is 0.0442. The molecular weight excluding hydrogens is 393 g/mol. The fraction of sp³-hybridized carbons (Fsp3) is 1.00. The summed E-state index contributed by atoms with van der Waals surface area (Å²) >= 11 is 0. The molecule has 1 heterocycles. The third-order valence-electron chi connectivity index (χ3n) is 3.35. The van der Waals surface area contributed by atoms with Gasteiger partial charge in [0.25, 0.3) is 0 Å². The molecule has 0 aliphatic carbocycles. The second-order valence-corrected chi connectivity index (χ2v) is 8.41. The van der Waals surface area contributed by atoms with Crippen molar-refractivity contribution < 1.29 is 51.9 Å². The van der Waals surface area contributed by atoms with Crippen molar-refractivity contribution in [2.75, 3.05) is 26.4 Å². The zero-order valence-electron chi connectivity index (χ0n) is 14.5. The summed E-state index contributed by atoms with van der Waals surface area (Å²) in [6.07, 6.45) is -0.0171. The molecule has 0 aromatic heterocycles. The van der Waals surface area contributed by atoms with Gasteiger partial charge in [0, 0.05) is 12.6 Å². The van der Waals surface area contributed by atoms with Crippen LogP contribution in [0.4, 0.5) is 0 Å². The molecule has 1 rings (SSSR count). The molecule has 0 saturated carbocycles. The number of rotatable bonds is 14. The van der Waals surface area contributed by atoms with E-state index in [1.54, 1.807) is 0 Å². The molecule has 5 unspecified atom stereocenters. The summed E-state index contributed by atoms with van der Waals surface area (Å²) < 4.78 is 52.3. The molecule has 0 bridgehead atoms. The number of aliphatic hydroxyl groups is 1. The lowest BCUT2D eigenvalue weighted by atomic mass is 9.96. The first-order valence-electron chi connectivity index (χ1n) is 8.15. The summed E-state index contributed by atoms with van der Waals surface area (Å²) in [5, 5.41) is 17.4. The summed E-state index contributed by atoms with van der Waals surface area (Å²) in [5.41, 5.74) is 0. The smallest absolute Gasteiger partial charge is 0.396 e. The monoisotopic (exact) mass is 418 g/mol. The Balaban J connectivity index is 2.32. The van der Waals surface area contributed by atoms with E-state index in [4.69, 9.17) is 32.0 Å². The van der Waals surface area contributed by atoms with E-state index in [0.717, 1.165) is 0 Å². The second kappa shape index (κ2) is 11.9. The van der Waals surface area contributed by atoms with Crippen LogP contribution in [0, 0.1) is 0 Å². The van der Waals surface area contributed by atoms with Gasteiger partial charge in [-0.3, -0.25) is 18.1 Å². The molecule has 152 valence electrons. The van der Waals surface area contributed by atoms with Crippen LogP contribution in [-0.4, -0.2) is 67.7 Å². The molecule has 5 atom stereocenters. The predicted molar refractivity (Wildman–Crippen MR) is 89.5 cm³/mol. The van der Waals surface area contributed by atoms with Gasteiger partial charge in [-0.2, -0.15) is 0 Å². The molecule has 0 spiro atoms. The van der Waals surface area contributed by atoms with Crippen LogP contribution in [0.15, 0.2) is 0 Å². The van der Waals surface area contributed by atoms with Gasteiger partial charge in [-0.05, 0) is 25.7 Å². The molecular formula is C12H25BO11P2. The van der Waals surface area contributed by atoms with Crippen molar-refractivity contribution in [3.63, 3.8) is 0 Å². The Morgan fingerprint density at radius 3 is 2.35 bits per heavy atom. The minimum atomic E-state index is -4.26. The Labute approximate surface area is 153 Å². The molecule has 1 fully saturated rings.